The van der Waals surface area contributed by atoms with Crippen LogP contribution >= 0.6 is 0 Å². The lowest BCUT2D eigenvalue weighted by Crippen LogP contribution is -2.23. The fourth-order valence-corrected chi connectivity index (χ4v) is 2.33. The zero-order valence-corrected chi connectivity index (χ0v) is 11.4. The largest absolute Gasteiger partial charge is 0.486 e. The highest BCUT2D eigenvalue weighted by Crippen LogP contribution is 2.35. The number of ether oxygens (including phenoxy) is 2. The lowest BCUT2D eigenvalue weighted by atomic mass is 9.98. The van der Waals surface area contributed by atoms with E-state index in [0.29, 0.717) is 19.3 Å². The Morgan fingerprint density at radius 3 is 2.44 bits per heavy atom. The quantitative estimate of drug-likeness (QED) is 0.833. The fraction of sp³-hybridized carbons (Fsp3) is 0.571. The fourth-order valence-electron chi connectivity index (χ4n) is 2.33. The van der Waals surface area contributed by atoms with Crippen molar-refractivity contribution < 1.29 is 9.47 Å². The molecule has 1 aromatic carbocycles. The highest BCUT2D eigenvalue weighted by Gasteiger charge is 2.18. The molecule has 1 atom stereocenters. The molecule has 100 valence electrons. The Labute approximate surface area is 109 Å². The van der Waals surface area contributed by atoms with Crippen LogP contribution in [0.5, 0.6) is 11.5 Å². The molecule has 0 spiro atoms. The van der Waals surface area contributed by atoms with E-state index in [1.807, 2.05) is 14.1 Å². The van der Waals surface area contributed by atoms with E-state index < -0.39 is 0 Å². The Balaban J connectivity index is 2.25. The summed E-state index contributed by atoms with van der Waals surface area (Å²) in [5.74, 6) is 1.73. The minimum Gasteiger partial charge on any atom is -0.486 e. The summed E-state index contributed by atoms with van der Waals surface area (Å²) in [7, 11) is 3.97. The minimum atomic E-state index is 0.341. The van der Waals surface area contributed by atoms with Gasteiger partial charge in [0.15, 0.2) is 11.5 Å². The predicted octanol–water partition coefficient (Wildman–Crippen LogP) is 1.64. The van der Waals surface area contributed by atoms with Gasteiger partial charge >= 0.3 is 0 Å². The number of hydrogen-bond donors (Lipinski definition) is 2. The number of benzene rings is 1. The van der Waals surface area contributed by atoms with Gasteiger partial charge in [-0.25, -0.2) is 0 Å². The van der Waals surface area contributed by atoms with Crippen molar-refractivity contribution in [1.29, 1.82) is 0 Å². The molecule has 2 N–H and O–H groups in total. The lowest BCUT2D eigenvalue weighted by molar-refractivity contribution is 0.171. The van der Waals surface area contributed by atoms with Gasteiger partial charge in [0.2, 0.25) is 0 Å². The van der Waals surface area contributed by atoms with Gasteiger partial charge in [-0.3, -0.25) is 0 Å². The normalized spacial score (nSPS) is 15.5. The van der Waals surface area contributed by atoms with Crippen LogP contribution in [0.1, 0.15) is 23.6 Å². The summed E-state index contributed by atoms with van der Waals surface area (Å²) < 4.78 is 11.2. The van der Waals surface area contributed by atoms with Gasteiger partial charge in [-0.05, 0) is 57.2 Å². The molecular formula is C14H22N2O2. The van der Waals surface area contributed by atoms with Crippen molar-refractivity contribution in [2.75, 3.05) is 33.9 Å². The maximum absolute atomic E-state index is 5.65. The van der Waals surface area contributed by atoms with Crippen molar-refractivity contribution in [3.63, 3.8) is 0 Å². The molecule has 4 nitrogen and oxygen atoms in total. The molecule has 1 aromatic rings. The molecule has 1 unspecified atom stereocenters. The highest BCUT2D eigenvalue weighted by molar-refractivity contribution is 5.48. The molecule has 0 radical (unpaired) electrons. The van der Waals surface area contributed by atoms with Crippen LogP contribution in [0.3, 0.4) is 0 Å². The van der Waals surface area contributed by atoms with Crippen LogP contribution in [-0.4, -0.2) is 33.9 Å². The Bertz CT molecular complexity index is 407. The van der Waals surface area contributed by atoms with Crippen LogP contribution in [0.2, 0.25) is 0 Å². The van der Waals surface area contributed by atoms with E-state index in [0.717, 1.165) is 24.5 Å². The lowest BCUT2D eigenvalue weighted by Gasteiger charge is -2.24. The molecule has 2 rings (SSSR count). The van der Waals surface area contributed by atoms with Crippen LogP contribution in [0.4, 0.5) is 0 Å². The van der Waals surface area contributed by atoms with Crippen LogP contribution in [0.15, 0.2) is 12.1 Å². The molecule has 0 aliphatic carbocycles. The number of aryl methyl sites for hydroxylation is 1. The molecule has 18 heavy (non-hydrogen) atoms. The Morgan fingerprint density at radius 2 is 1.83 bits per heavy atom. The maximum Gasteiger partial charge on any atom is 0.161 e. The predicted molar refractivity (Wildman–Crippen MR) is 72.5 cm³/mol. The maximum atomic E-state index is 5.65. The molecular weight excluding hydrogens is 228 g/mol. The highest BCUT2D eigenvalue weighted by atomic mass is 16.6. The SMILES string of the molecule is CNCCC(NC)c1cc2c(cc1C)OCCO2. The molecule has 0 saturated heterocycles. The van der Waals surface area contributed by atoms with Crippen LogP contribution < -0.4 is 20.1 Å². The van der Waals surface area contributed by atoms with Crippen molar-refractivity contribution in [2.24, 2.45) is 0 Å². The summed E-state index contributed by atoms with van der Waals surface area (Å²) in [6, 6.07) is 4.53. The van der Waals surface area contributed by atoms with Crippen molar-refractivity contribution in [3.05, 3.63) is 23.3 Å². The molecule has 0 fully saturated rings. The Hall–Kier alpha value is -1.26. The number of fused-ring (bicyclic) bond motifs is 1. The van der Waals surface area contributed by atoms with Gasteiger partial charge in [-0.1, -0.05) is 0 Å². The summed E-state index contributed by atoms with van der Waals surface area (Å²) in [5, 5.41) is 6.55. The van der Waals surface area contributed by atoms with E-state index in [2.05, 4.69) is 29.7 Å². The minimum absolute atomic E-state index is 0.341. The van der Waals surface area contributed by atoms with E-state index >= 15 is 0 Å². The van der Waals surface area contributed by atoms with Crippen LogP contribution in [0, 0.1) is 6.92 Å². The number of hydrogen-bond acceptors (Lipinski definition) is 4. The van der Waals surface area contributed by atoms with Gasteiger partial charge in [0.05, 0.1) is 0 Å². The van der Waals surface area contributed by atoms with E-state index in [1.165, 1.54) is 11.1 Å². The van der Waals surface area contributed by atoms with Gasteiger partial charge < -0.3 is 20.1 Å². The zero-order chi connectivity index (χ0) is 13.0. The van der Waals surface area contributed by atoms with Gasteiger partial charge in [0.1, 0.15) is 13.2 Å². The molecule has 1 aliphatic heterocycles. The van der Waals surface area contributed by atoms with Crippen molar-refractivity contribution in [3.8, 4) is 11.5 Å². The number of nitrogens with one attached hydrogen (secondary N) is 2. The van der Waals surface area contributed by atoms with Gasteiger partial charge in [-0.2, -0.15) is 0 Å². The second kappa shape index (κ2) is 6.07. The first-order valence-electron chi connectivity index (χ1n) is 6.48. The smallest absolute Gasteiger partial charge is 0.161 e. The second-order valence-corrected chi connectivity index (χ2v) is 4.59. The Kier molecular flexibility index (Phi) is 4.44. The van der Waals surface area contributed by atoms with Crippen molar-refractivity contribution >= 4 is 0 Å². The van der Waals surface area contributed by atoms with E-state index in [1.54, 1.807) is 0 Å². The topological polar surface area (TPSA) is 42.5 Å². The summed E-state index contributed by atoms with van der Waals surface area (Å²) in [6.07, 6.45) is 1.05. The summed E-state index contributed by atoms with van der Waals surface area (Å²) >= 11 is 0. The van der Waals surface area contributed by atoms with Gasteiger partial charge in [0.25, 0.3) is 0 Å². The van der Waals surface area contributed by atoms with E-state index in [4.69, 9.17) is 9.47 Å². The van der Waals surface area contributed by atoms with E-state index in [9.17, 15) is 0 Å². The van der Waals surface area contributed by atoms with Gasteiger partial charge in [0, 0.05) is 6.04 Å². The molecule has 0 saturated carbocycles. The third-order valence-corrected chi connectivity index (χ3v) is 3.34. The Morgan fingerprint density at radius 1 is 1.17 bits per heavy atom. The molecule has 4 heteroatoms. The van der Waals surface area contributed by atoms with Crippen molar-refractivity contribution in [1.82, 2.24) is 10.6 Å². The molecule has 0 bridgehead atoms. The summed E-state index contributed by atoms with van der Waals surface area (Å²) in [4.78, 5) is 0. The standard InChI is InChI=1S/C14H22N2O2/c1-10-8-13-14(18-7-6-17-13)9-11(10)12(16-3)4-5-15-2/h8-9,12,15-16H,4-7H2,1-3H3. The van der Waals surface area contributed by atoms with Gasteiger partial charge in [-0.15, -0.1) is 0 Å². The molecule has 1 aliphatic rings. The third-order valence-electron chi connectivity index (χ3n) is 3.34. The molecule has 1 heterocycles. The average Bonchev–Trinajstić information content (AvgIpc) is 2.40. The number of rotatable bonds is 5. The third kappa shape index (κ3) is 2.76. The summed E-state index contributed by atoms with van der Waals surface area (Å²) in [6.45, 7) is 4.38. The second-order valence-electron chi connectivity index (χ2n) is 4.59. The first-order chi connectivity index (χ1) is 8.76. The monoisotopic (exact) mass is 250 g/mol. The first kappa shape index (κ1) is 13.2. The van der Waals surface area contributed by atoms with Crippen molar-refractivity contribution in [2.45, 2.75) is 19.4 Å². The van der Waals surface area contributed by atoms with Crippen LogP contribution in [-0.2, 0) is 0 Å². The van der Waals surface area contributed by atoms with E-state index in [-0.39, 0.29) is 0 Å². The zero-order valence-electron chi connectivity index (χ0n) is 11.4. The average molecular weight is 250 g/mol. The summed E-state index contributed by atoms with van der Waals surface area (Å²) in [5.41, 5.74) is 2.53. The molecule has 0 amide bonds. The molecule has 0 aromatic heterocycles. The first-order valence-corrected chi connectivity index (χ1v) is 6.48. The van der Waals surface area contributed by atoms with Crippen LogP contribution in [0.25, 0.3) is 0 Å².